The van der Waals surface area contributed by atoms with E-state index in [0.717, 1.165) is 33.3 Å². The van der Waals surface area contributed by atoms with Crippen LogP contribution in [0.4, 0.5) is 4.79 Å². The van der Waals surface area contributed by atoms with Crippen LogP contribution in [0.2, 0.25) is 0 Å². The molecule has 34 heavy (non-hydrogen) atoms. The van der Waals surface area contributed by atoms with Gasteiger partial charge in [0.15, 0.2) is 0 Å². The maximum Gasteiger partial charge on any atom is 0.318 e. The third-order valence-electron chi connectivity index (χ3n) is 5.77. The van der Waals surface area contributed by atoms with Gasteiger partial charge in [-0.05, 0) is 17.2 Å². The third kappa shape index (κ3) is 3.95. The number of aromatic nitrogens is 5. The summed E-state index contributed by atoms with van der Waals surface area (Å²) >= 11 is 0. The molecule has 1 aliphatic rings. The van der Waals surface area contributed by atoms with Crippen molar-refractivity contribution in [3.8, 4) is 23.1 Å². The van der Waals surface area contributed by atoms with Crippen LogP contribution in [0.1, 0.15) is 16.7 Å². The summed E-state index contributed by atoms with van der Waals surface area (Å²) in [5, 5.41) is 21.2. The lowest BCUT2D eigenvalue weighted by molar-refractivity contribution is 0.210. The van der Waals surface area contributed by atoms with Crippen LogP contribution < -0.4 is 10.1 Å². The van der Waals surface area contributed by atoms with Gasteiger partial charge < -0.3 is 15.0 Å². The lowest BCUT2D eigenvalue weighted by Crippen LogP contribution is -2.38. The minimum Gasteiger partial charge on any atom is -0.481 e. The van der Waals surface area contributed by atoms with Crippen LogP contribution in [0, 0.1) is 11.3 Å². The molecule has 10 heteroatoms. The van der Waals surface area contributed by atoms with Gasteiger partial charge in [-0.25, -0.2) is 14.3 Å². The molecule has 2 amide bonds. The smallest absolute Gasteiger partial charge is 0.318 e. The first-order valence-electron chi connectivity index (χ1n) is 10.7. The second-order valence-corrected chi connectivity index (χ2v) is 7.99. The lowest BCUT2D eigenvalue weighted by atomic mass is 10.0. The van der Waals surface area contributed by atoms with Gasteiger partial charge in [0.1, 0.15) is 6.07 Å². The number of nitrogens with one attached hydrogen (secondary N) is 1. The van der Waals surface area contributed by atoms with Gasteiger partial charge in [0.2, 0.25) is 5.88 Å². The number of rotatable bonds is 5. The normalized spacial score (nSPS) is 13.1. The fourth-order valence-corrected chi connectivity index (χ4v) is 4.01. The molecular formula is C24H22N8O2. The van der Waals surface area contributed by atoms with E-state index in [2.05, 4.69) is 26.6 Å². The average molecular weight is 454 g/mol. The number of nitriles is 1. The highest BCUT2D eigenvalue weighted by Gasteiger charge is 2.24. The molecule has 4 aromatic rings. The highest BCUT2D eigenvalue weighted by Crippen LogP contribution is 2.31. The summed E-state index contributed by atoms with van der Waals surface area (Å²) in [6.45, 7) is 1.26. The molecule has 0 aromatic carbocycles. The van der Waals surface area contributed by atoms with Crippen molar-refractivity contribution >= 4 is 17.1 Å². The Morgan fingerprint density at radius 3 is 2.79 bits per heavy atom. The Morgan fingerprint density at radius 2 is 2.09 bits per heavy atom. The topological polar surface area (TPSA) is 113 Å². The van der Waals surface area contributed by atoms with E-state index in [0.29, 0.717) is 31.1 Å². The second kappa shape index (κ2) is 8.71. The molecule has 0 unspecified atom stereocenters. The van der Waals surface area contributed by atoms with Crippen LogP contribution in [-0.2, 0) is 13.6 Å². The Morgan fingerprint density at radius 1 is 1.21 bits per heavy atom. The average Bonchev–Trinajstić information content (AvgIpc) is 3.61. The zero-order valence-electron chi connectivity index (χ0n) is 18.8. The van der Waals surface area contributed by atoms with E-state index in [1.54, 1.807) is 45.9 Å². The molecule has 0 saturated carbocycles. The third-order valence-corrected chi connectivity index (χ3v) is 5.77. The Balaban J connectivity index is 1.37. The molecule has 0 radical (unpaired) electrons. The molecule has 0 bridgehead atoms. The second-order valence-electron chi connectivity index (χ2n) is 7.99. The number of aryl methyl sites for hydroxylation is 1. The molecule has 5 heterocycles. The summed E-state index contributed by atoms with van der Waals surface area (Å²) < 4.78 is 8.52. The number of urea groups is 1. The number of pyridine rings is 2. The number of ether oxygens (including phenoxy) is 1. The largest absolute Gasteiger partial charge is 0.481 e. The van der Waals surface area contributed by atoms with Crippen LogP contribution in [0.5, 0.6) is 5.88 Å². The molecule has 0 fully saturated rings. The molecule has 0 saturated heterocycles. The highest BCUT2D eigenvalue weighted by molar-refractivity contribution is 5.88. The zero-order chi connectivity index (χ0) is 23.7. The predicted molar refractivity (Wildman–Crippen MR) is 125 cm³/mol. The van der Waals surface area contributed by atoms with E-state index < -0.39 is 0 Å². The van der Waals surface area contributed by atoms with Gasteiger partial charge in [-0.2, -0.15) is 15.5 Å². The number of fused-ring (bicyclic) bond motifs is 1. The zero-order valence-corrected chi connectivity index (χ0v) is 18.8. The van der Waals surface area contributed by atoms with Gasteiger partial charge in [0, 0.05) is 68.0 Å². The van der Waals surface area contributed by atoms with Crippen LogP contribution >= 0.6 is 0 Å². The van der Waals surface area contributed by atoms with Crippen molar-refractivity contribution in [1.82, 2.24) is 34.6 Å². The Hall–Kier alpha value is -4.65. The van der Waals surface area contributed by atoms with Gasteiger partial charge >= 0.3 is 6.03 Å². The maximum atomic E-state index is 12.8. The molecule has 1 N–H and O–H groups in total. The van der Waals surface area contributed by atoms with Gasteiger partial charge in [-0.3, -0.25) is 4.68 Å². The summed E-state index contributed by atoms with van der Waals surface area (Å²) in [6, 6.07) is 7.71. The lowest BCUT2D eigenvalue weighted by Gasteiger charge is -2.18. The maximum absolute atomic E-state index is 12.8. The van der Waals surface area contributed by atoms with Gasteiger partial charge in [-0.15, -0.1) is 0 Å². The number of methoxy groups -OCH3 is 1. The molecule has 170 valence electrons. The van der Waals surface area contributed by atoms with Gasteiger partial charge in [-0.1, -0.05) is 12.1 Å². The molecule has 4 aromatic heterocycles. The molecule has 10 nitrogen and oxygen atoms in total. The molecule has 1 aliphatic heterocycles. The van der Waals surface area contributed by atoms with Crippen molar-refractivity contribution in [3.63, 3.8) is 0 Å². The number of amides is 2. The van der Waals surface area contributed by atoms with E-state index in [9.17, 15) is 10.1 Å². The summed E-state index contributed by atoms with van der Waals surface area (Å²) in [7, 11) is 3.42. The first-order chi connectivity index (χ1) is 16.6. The first-order valence-corrected chi connectivity index (χ1v) is 10.7. The van der Waals surface area contributed by atoms with E-state index in [1.165, 1.54) is 0 Å². The first kappa shape index (κ1) is 21.2. The predicted octanol–water partition coefficient (Wildman–Crippen LogP) is 2.62. The minimum absolute atomic E-state index is 0.171. The summed E-state index contributed by atoms with van der Waals surface area (Å²) in [5.41, 5.74) is 5.82. The van der Waals surface area contributed by atoms with Crippen LogP contribution in [0.25, 0.3) is 22.2 Å². The van der Waals surface area contributed by atoms with E-state index in [1.807, 2.05) is 37.7 Å². The standard InChI is InChI=1S/C24H22N8O2/c1-30-13-20(12-28-30)18-7-21(23-19(8-25)11-29-32(23)15-18)17-5-6-31(14-17)24(33)27-10-16-3-4-22(34-2)26-9-16/h3-5,7,9,11-13,15H,6,10,14H2,1-2H3,(H,27,33). The van der Waals surface area contributed by atoms with Gasteiger partial charge in [0.05, 0.1) is 30.6 Å². The number of hydrogen-bond acceptors (Lipinski definition) is 6. The van der Waals surface area contributed by atoms with Gasteiger partial charge in [0.25, 0.3) is 0 Å². The molecule has 0 aliphatic carbocycles. The van der Waals surface area contributed by atoms with Crippen molar-refractivity contribution in [2.24, 2.45) is 7.05 Å². The van der Waals surface area contributed by atoms with Crippen LogP contribution in [0.3, 0.4) is 0 Å². The number of hydrogen-bond donors (Lipinski definition) is 1. The Labute approximate surface area is 195 Å². The Bertz CT molecular complexity index is 1440. The van der Waals surface area contributed by atoms with Crippen LogP contribution in [0.15, 0.2) is 55.3 Å². The van der Waals surface area contributed by atoms with Crippen LogP contribution in [-0.4, -0.2) is 55.5 Å². The Kier molecular flexibility index (Phi) is 5.43. The fraction of sp³-hybridized carbons (Fsp3) is 0.208. The number of carbonyl (C=O) groups is 1. The van der Waals surface area contributed by atoms with Crippen molar-refractivity contribution in [3.05, 3.63) is 71.9 Å². The highest BCUT2D eigenvalue weighted by atomic mass is 16.5. The van der Waals surface area contributed by atoms with E-state index in [4.69, 9.17) is 4.74 Å². The molecule has 0 spiro atoms. The summed E-state index contributed by atoms with van der Waals surface area (Å²) in [4.78, 5) is 18.7. The molecule has 5 rings (SSSR count). The molecule has 0 atom stereocenters. The quantitative estimate of drug-likeness (QED) is 0.496. The number of carbonyl (C=O) groups excluding carboxylic acids is 1. The van der Waals surface area contributed by atoms with Crippen molar-refractivity contribution in [2.45, 2.75) is 6.54 Å². The number of nitrogens with zero attached hydrogens (tertiary/aromatic N) is 7. The van der Waals surface area contributed by atoms with Crippen molar-refractivity contribution < 1.29 is 9.53 Å². The monoisotopic (exact) mass is 454 g/mol. The van der Waals surface area contributed by atoms with Crippen molar-refractivity contribution in [2.75, 3.05) is 20.2 Å². The summed E-state index contributed by atoms with van der Waals surface area (Å²) in [5.74, 6) is 0.528. The fourth-order valence-electron chi connectivity index (χ4n) is 4.01. The molecular weight excluding hydrogens is 432 g/mol. The van der Waals surface area contributed by atoms with E-state index >= 15 is 0 Å². The van der Waals surface area contributed by atoms with Crippen molar-refractivity contribution in [1.29, 1.82) is 5.26 Å². The minimum atomic E-state index is -0.171. The SMILES string of the molecule is COc1ccc(CNC(=O)N2CC=C(c3cc(-c4cnn(C)c4)cn4ncc(C#N)c34)C2)cn1. The summed E-state index contributed by atoms with van der Waals surface area (Å²) in [6.07, 6.45) is 10.9. The van der Waals surface area contributed by atoms with E-state index in [-0.39, 0.29) is 6.03 Å².